The van der Waals surface area contributed by atoms with E-state index in [9.17, 15) is 0 Å². The van der Waals surface area contributed by atoms with Gasteiger partial charge in [0.25, 0.3) is 0 Å². The van der Waals surface area contributed by atoms with E-state index < -0.39 is 0 Å². The van der Waals surface area contributed by atoms with Gasteiger partial charge in [0.05, 0.1) is 5.69 Å². The molecule has 2 nitrogen and oxygen atoms in total. The summed E-state index contributed by atoms with van der Waals surface area (Å²) in [6, 6.07) is 18.6. The lowest BCUT2D eigenvalue weighted by Crippen LogP contribution is -1.82. The van der Waals surface area contributed by atoms with Gasteiger partial charge in [0, 0.05) is 16.3 Å². The van der Waals surface area contributed by atoms with Crippen LogP contribution in [0.1, 0.15) is 11.1 Å². The summed E-state index contributed by atoms with van der Waals surface area (Å²) in [5, 5.41) is 2.22. The van der Waals surface area contributed by atoms with Crippen molar-refractivity contribution in [2.24, 2.45) is 0 Å². The molecule has 2 aromatic carbocycles. The van der Waals surface area contributed by atoms with Gasteiger partial charge in [0.1, 0.15) is 5.58 Å². The van der Waals surface area contributed by atoms with Crippen LogP contribution < -0.4 is 0 Å². The standard InChI is InChI=1S/C19H15NO/c1-12-10-16-15-8-9-17(14-6-4-3-5-7-14)20-19(15)21-18(16)11-13(12)2/h3-11H,1-2H3. The zero-order valence-electron chi connectivity index (χ0n) is 12.1. The molecule has 0 unspecified atom stereocenters. The molecule has 0 aliphatic heterocycles. The second kappa shape index (κ2) is 4.45. The van der Waals surface area contributed by atoms with E-state index in [1.807, 2.05) is 18.2 Å². The van der Waals surface area contributed by atoms with Gasteiger partial charge in [-0.05, 0) is 49.2 Å². The molecule has 21 heavy (non-hydrogen) atoms. The largest absolute Gasteiger partial charge is 0.438 e. The third kappa shape index (κ3) is 1.91. The number of nitrogens with zero attached hydrogens (tertiary/aromatic N) is 1. The fraction of sp³-hybridized carbons (Fsp3) is 0.105. The molecule has 2 heteroatoms. The zero-order valence-corrected chi connectivity index (χ0v) is 12.1. The van der Waals surface area contributed by atoms with Crippen molar-refractivity contribution in [3.8, 4) is 11.3 Å². The van der Waals surface area contributed by atoms with Crippen molar-refractivity contribution in [1.82, 2.24) is 4.98 Å². The average Bonchev–Trinajstić information content (AvgIpc) is 2.85. The highest BCUT2D eigenvalue weighted by molar-refractivity contribution is 6.04. The lowest BCUT2D eigenvalue weighted by Gasteiger charge is -1.99. The summed E-state index contributed by atoms with van der Waals surface area (Å²) in [5.41, 5.74) is 6.17. The van der Waals surface area contributed by atoms with Crippen LogP contribution in [0, 0.1) is 13.8 Å². The van der Waals surface area contributed by atoms with Gasteiger partial charge in [0.2, 0.25) is 5.71 Å². The number of furan rings is 1. The van der Waals surface area contributed by atoms with Crippen LogP contribution in [0.25, 0.3) is 33.3 Å². The van der Waals surface area contributed by atoms with Gasteiger partial charge in [-0.3, -0.25) is 0 Å². The van der Waals surface area contributed by atoms with Gasteiger partial charge in [0.15, 0.2) is 0 Å². The summed E-state index contributed by atoms with van der Waals surface area (Å²) in [5.74, 6) is 0. The highest BCUT2D eigenvalue weighted by atomic mass is 16.3. The maximum Gasteiger partial charge on any atom is 0.227 e. The summed E-state index contributed by atoms with van der Waals surface area (Å²) < 4.78 is 5.94. The van der Waals surface area contributed by atoms with E-state index in [-0.39, 0.29) is 0 Å². The summed E-state index contributed by atoms with van der Waals surface area (Å²) >= 11 is 0. The number of fused-ring (bicyclic) bond motifs is 3. The molecule has 0 aliphatic rings. The van der Waals surface area contributed by atoms with E-state index in [0.717, 1.165) is 27.6 Å². The molecule has 2 aromatic heterocycles. The number of pyridine rings is 1. The topological polar surface area (TPSA) is 26.0 Å². The Labute approximate surface area is 123 Å². The molecule has 0 spiro atoms. The Morgan fingerprint density at radius 2 is 1.57 bits per heavy atom. The molecule has 4 rings (SSSR count). The lowest BCUT2D eigenvalue weighted by atomic mass is 10.1. The second-order valence-corrected chi connectivity index (χ2v) is 5.45. The Balaban J connectivity index is 1.99. The fourth-order valence-electron chi connectivity index (χ4n) is 2.68. The van der Waals surface area contributed by atoms with Gasteiger partial charge < -0.3 is 4.42 Å². The molecule has 0 radical (unpaired) electrons. The van der Waals surface area contributed by atoms with E-state index in [1.165, 1.54) is 11.1 Å². The van der Waals surface area contributed by atoms with Crippen LogP contribution in [-0.4, -0.2) is 4.98 Å². The van der Waals surface area contributed by atoms with Gasteiger partial charge in [-0.25, -0.2) is 4.98 Å². The number of hydrogen-bond donors (Lipinski definition) is 0. The third-order valence-electron chi connectivity index (χ3n) is 4.02. The van der Waals surface area contributed by atoms with E-state index >= 15 is 0 Å². The first-order valence-electron chi connectivity index (χ1n) is 7.08. The molecule has 0 aliphatic carbocycles. The number of benzene rings is 2. The van der Waals surface area contributed by atoms with Crippen molar-refractivity contribution in [3.05, 3.63) is 65.7 Å². The van der Waals surface area contributed by atoms with Crippen molar-refractivity contribution in [2.75, 3.05) is 0 Å². The highest BCUT2D eigenvalue weighted by Gasteiger charge is 2.10. The predicted molar refractivity (Wildman–Crippen MR) is 86.4 cm³/mol. The second-order valence-electron chi connectivity index (χ2n) is 5.45. The minimum absolute atomic E-state index is 0.705. The Kier molecular flexibility index (Phi) is 2.58. The Morgan fingerprint density at radius 3 is 2.38 bits per heavy atom. The molecule has 0 N–H and O–H groups in total. The van der Waals surface area contributed by atoms with Crippen LogP contribution in [0.3, 0.4) is 0 Å². The molecular formula is C19H15NO. The minimum Gasteiger partial charge on any atom is -0.438 e. The quantitative estimate of drug-likeness (QED) is 0.472. The maximum atomic E-state index is 5.94. The molecule has 0 saturated carbocycles. The molecule has 102 valence electrons. The molecule has 0 saturated heterocycles. The molecule has 0 amide bonds. The van der Waals surface area contributed by atoms with Crippen molar-refractivity contribution in [2.45, 2.75) is 13.8 Å². The van der Waals surface area contributed by atoms with Crippen molar-refractivity contribution in [3.63, 3.8) is 0 Å². The Bertz CT molecular complexity index is 952. The number of hydrogen-bond acceptors (Lipinski definition) is 2. The number of aromatic nitrogens is 1. The van der Waals surface area contributed by atoms with Crippen LogP contribution in [0.4, 0.5) is 0 Å². The highest BCUT2D eigenvalue weighted by Crippen LogP contribution is 2.31. The number of aryl methyl sites for hydroxylation is 2. The van der Waals surface area contributed by atoms with Gasteiger partial charge in [-0.15, -0.1) is 0 Å². The van der Waals surface area contributed by atoms with E-state index in [2.05, 4.69) is 55.2 Å². The normalized spacial score (nSPS) is 11.3. The van der Waals surface area contributed by atoms with Gasteiger partial charge in [-0.1, -0.05) is 30.3 Å². The Morgan fingerprint density at radius 1 is 0.810 bits per heavy atom. The van der Waals surface area contributed by atoms with E-state index in [4.69, 9.17) is 4.42 Å². The zero-order chi connectivity index (χ0) is 14.4. The Hall–Kier alpha value is -2.61. The molecule has 4 aromatic rings. The number of rotatable bonds is 1. The monoisotopic (exact) mass is 273 g/mol. The first kappa shape index (κ1) is 12.2. The first-order valence-corrected chi connectivity index (χ1v) is 7.08. The van der Waals surface area contributed by atoms with Crippen LogP contribution >= 0.6 is 0 Å². The smallest absolute Gasteiger partial charge is 0.227 e. The van der Waals surface area contributed by atoms with Crippen LogP contribution in [-0.2, 0) is 0 Å². The van der Waals surface area contributed by atoms with Crippen molar-refractivity contribution >= 4 is 22.1 Å². The molecule has 0 bridgehead atoms. The van der Waals surface area contributed by atoms with Gasteiger partial charge >= 0.3 is 0 Å². The van der Waals surface area contributed by atoms with E-state index in [0.29, 0.717) is 5.71 Å². The summed E-state index contributed by atoms with van der Waals surface area (Å²) in [6.45, 7) is 4.23. The molecule has 0 atom stereocenters. The van der Waals surface area contributed by atoms with Crippen LogP contribution in [0.2, 0.25) is 0 Å². The lowest BCUT2D eigenvalue weighted by molar-refractivity contribution is 0.654. The van der Waals surface area contributed by atoms with Crippen molar-refractivity contribution < 1.29 is 4.42 Å². The van der Waals surface area contributed by atoms with Crippen molar-refractivity contribution in [1.29, 1.82) is 0 Å². The summed E-state index contributed by atoms with van der Waals surface area (Å²) in [7, 11) is 0. The summed E-state index contributed by atoms with van der Waals surface area (Å²) in [4.78, 5) is 4.68. The first-order chi connectivity index (χ1) is 10.2. The van der Waals surface area contributed by atoms with Crippen LogP contribution in [0.5, 0.6) is 0 Å². The molecule has 2 heterocycles. The SMILES string of the molecule is Cc1cc2oc3nc(-c4ccccc4)ccc3c2cc1C. The average molecular weight is 273 g/mol. The molecular weight excluding hydrogens is 258 g/mol. The minimum atomic E-state index is 0.705. The third-order valence-corrected chi connectivity index (χ3v) is 4.02. The summed E-state index contributed by atoms with van der Waals surface area (Å²) in [6.07, 6.45) is 0. The van der Waals surface area contributed by atoms with Crippen LogP contribution in [0.15, 0.2) is 59.0 Å². The predicted octanol–water partition coefficient (Wildman–Crippen LogP) is 5.26. The van der Waals surface area contributed by atoms with Gasteiger partial charge in [-0.2, -0.15) is 0 Å². The van der Waals surface area contributed by atoms with E-state index in [1.54, 1.807) is 0 Å². The molecule has 0 fully saturated rings. The fourth-order valence-corrected chi connectivity index (χ4v) is 2.68. The maximum absolute atomic E-state index is 5.94.